The van der Waals surface area contributed by atoms with Crippen LogP contribution in [0.5, 0.6) is 0 Å². The molecule has 2 aromatic carbocycles. The molecular weight excluding hydrogens is 433 g/mol. The minimum absolute atomic E-state index is 0.0483. The van der Waals surface area contributed by atoms with Crippen LogP contribution in [0.15, 0.2) is 41.3 Å². The summed E-state index contributed by atoms with van der Waals surface area (Å²) >= 11 is 0. The monoisotopic (exact) mass is 459 g/mol. The van der Waals surface area contributed by atoms with Crippen molar-refractivity contribution in [2.45, 2.75) is 17.7 Å². The smallest absolute Gasteiger partial charge is 0.253 e. The maximum atomic E-state index is 13.7. The number of benzene rings is 2. The van der Waals surface area contributed by atoms with E-state index in [2.05, 4.69) is 15.5 Å². The highest BCUT2D eigenvalue weighted by atomic mass is 32.2. The van der Waals surface area contributed by atoms with Gasteiger partial charge in [-0.15, -0.1) is 0 Å². The van der Waals surface area contributed by atoms with Gasteiger partial charge >= 0.3 is 0 Å². The fraction of sp³-hybridized carbons (Fsp3) is 0.364. The van der Waals surface area contributed by atoms with E-state index < -0.39 is 21.7 Å². The Kier molecular flexibility index (Phi) is 7.33. The molecule has 1 heterocycles. The van der Waals surface area contributed by atoms with Crippen molar-refractivity contribution in [3.05, 3.63) is 53.3 Å². The molecule has 1 aliphatic heterocycles. The molecule has 2 N–H and O–H groups in total. The molecule has 1 amide bonds. The number of halogens is 1. The summed E-state index contributed by atoms with van der Waals surface area (Å²) in [5.74, 6) is -1.01. The average Bonchev–Trinajstić information content (AvgIpc) is 3.31. The zero-order valence-corrected chi connectivity index (χ0v) is 18.9. The van der Waals surface area contributed by atoms with Gasteiger partial charge in [0.1, 0.15) is 17.4 Å². The van der Waals surface area contributed by atoms with Crippen molar-refractivity contribution in [3.63, 3.8) is 0 Å². The third-order valence-corrected chi connectivity index (χ3v) is 7.10. The Morgan fingerprint density at radius 3 is 2.56 bits per heavy atom. The Morgan fingerprint density at radius 2 is 1.91 bits per heavy atom. The highest BCUT2D eigenvalue weighted by Gasteiger charge is 2.24. The average molecular weight is 460 g/mol. The molecule has 3 rings (SSSR count). The van der Waals surface area contributed by atoms with Gasteiger partial charge in [-0.3, -0.25) is 4.79 Å². The van der Waals surface area contributed by atoms with Crippen molar-refractivity contribution in [1.29, 1.82) is 5.26 Å². The van der Waals surface area contributed by atoms with Crippen LogP contribution in [0.4, 0.5) is 15.8 Å². The van der Waals surface area contributed by atoms with Gasteiger partial charge in [-0.05, 0) is 43.2 Å². The van der Waals surface area contributed by atoms with E-state index in [1.165, 1.54) is 38.4 Å². The Hall–Kier alpha value is -3.16. The van der Waals surface area contributed by atoms with Gasteiger partial charge in [0, 0.05) is 46.0 Å². The van der Waals surface area contributed by atoms with Crippen molar-refractivity contribution in [2.24, 2.45) is 0 Å². The van der Waals surface area contributed by atoms with Gasteiger partial charge in [-0.2, -0.15) is 5.26 Å². The van der Waals surface area contributed by atoms with Gasteiger partial charge in [-0.25, -0.2) is 17.1 Å². The summed E-state index contributed by atoms with van der Waals surface area (Å²) < 4.78 is 39.9. The van der Waals surface area contributed by atoms with Gasteiger partial charge in [0.2, 0.25) is 10.0 Å². The number of nitriles is 1. The third kappa shape index (κ3) is 5.00. The zero-order chi connectivity index (χ0) is 23.3. The molecule has 0 aromatic heterocycles. The second kappa shape index (κ2) is 9.97. The quantitative estimate of drug-likeness (QED) is 0.588. The molecule has 0 bridgehead atoms. The Balaban J connectivity index is 1.76. The van der Waals surface area contributed by atoms with Crippen LogP contribution in [0.3, 0.4) is 0 Å². The first-order valence-electron chi connectivity index (χ1n) is 10.3. The largest absolute Gasteiger partial charge is 0.382 e. The SMILES string of the molecule is CN(C)S(=O)(=O)c1ccc(N2CCCC2)c(C(=O)NCCNc2cccc(F)c2C#N)c1. The second-order valence-electron chi connectivity index (χ2n) is 7.62. The molecule has 0 saturated carbocycles. The first kappa shape index (κ1) is 23.5. The highest BCUT2D eigenvalue weighted by molar-refractivity contribution is 7.89. The van der Waals surface area contributed by atoms with E-state index in [0.717, 1.165) is 30.2 Å². The van der Waals surface area contributed by atoms with Crippen LogP contribution in [-0.2, 0) is 10.0 Å². The summed E-state index contributed by atoms with van der Waals surface area (Å²) in [5.41, 5.74) is 1.25. The number of rotatable bonds is 8. The molecule has 8 nitrogen and oxygen atoms in total. The molecular formula is C22H26FN5O3S. The topological polar surface area (TPSA) is 106 Å². The first-order chi connectivity index (χ1) is 15.3. The lowest BCUT2D eigenvalue weighted by molar-refractivity contribution is 0.0955. The van der Waals surface area contributed by atoms with E-state index in [0.29, 0.717) is 16.9 Å². The number of carbonyl (C=O) groups excluding carboxylic acids is 1. The van der Waals surface area contributed by atoms with Crippen molar-refractivity contribution in [2.75, 3.05) is 50.5 Å². The number of hydrogen-bond acceptors (Lipinski definition) is 6. The standard InChI is InChI=1S/C22H26FN5O3S/c1-27(2)32(30,31)16-8-9-21(28-12-3-4-13-28)17(14-16)22(29)26-11-10-25-20-7-5-6-19(23)18(20)15-24/h5-9,14,25H,3-4,10-13H2,1-2H3,(H,26,29). The number of sulfonamides is 1. The van der Waals surface area contributed by atoms with E-state index in [9.17, 15) is 17.6 Å². The van der Waals surface area contributed by atoms with E-state index in [4.69, 9.17) is 5.26 Å². The molecule has 32 heavy (non-hydrogen) atoms. The lowest BCUT2D eigenvalue weighted by atomic mass is 10.1. The number of carbonyl (C=O) groups is 1. The molecule has 0 aliphatic carbocycles. The summed E-state index contributed by atoms with van der Waals surface area (Å²) in [6.45, 7) is 2.07. The summed E-state index contributed by atoms with van der Waals surface area (Å²) in [5, 5.41) is 14.8. The number of nitrogens with zero attached hydrogens (tertiary/aromatic N) is 3. The Labute approximate surface area is 187 Å². The molecule has 0 spiro atoms. The normalized spacial score (nSPS) is 13.8. The predicted molar refractivity (Wildman–Crippen MR) is 121 cm³/mol. The van der Waals surface area contributed by atoms with Crippen LogP contribution < -0.4 is 15.5 Å². The third-order valence-electron chi connectivity index (χ3n) is 5.29. The van der Waals surface area contributed by atoms with Gasteiger partial charge in [-0.1, -0.05) is 6.07 Å². The lowest BCUT2D eigenvalue weighted by Gasteiger charge is -2.22. The molecule has 0 unspecified atom stereocenters. The first-order valence-corrected chi connectivity index (χ1v) is 11.7. The number of nitrogens with one attached hydrogen (secondary N) is 2. The lowest BCUT2D eigenvalue weighted by Crippen LogP contribution is -2.31. The maximum Gasteiger partial charge on any atom is 0.253 e. The number of amides is 1. The summed E-state index contributed by atoms with van der Waals surface area (Å²) in [7, 11) is -0.807. The van der Waals surface area contributed by atoms with Crippen LogP contribution >= 0.6 is 0 Å². The molecule has 0 radical (unpaired) electrons. The molecule has 170 valence electrons. The second-order valence-corrected chi connectivity index (χ2v) is 9.77. The number of anilines is 2. The minimum Gasteiger partial charge on any atom is -0.382 e. The predicted octanol–water partition coefficient (Wildman–Crippen LogP) is 2.39. The minimum atomic E-state index is -3.69. The summed E-state index contributed by atoms with van der Waals surface area (Å²) in [6, 6.07) is 10.7. The van der Waals surface area contributed by atoms with E-state index in [1.807, 2.05) is 6.07 Å². The van der Waals surface area contributed by atoms with E-state index >= 15 is 0 Å². The fourth-order valence-corrected chi connectivity index (χ4v) is 4.48. The van der Waals surface area contributed by atoms with Gasteiger partial charge < -0.3 is 15.5 Å². The van der Waals surface area contributed by atoms with Crippen molar-refractivity contribution < 1.29 is 17.6 Å². The number of hydrogen-bond donors (Lipinski definition) is 2. The zero-order valence-electron chi connectivity index (χ0n) is 18.1. The molecule has 1 fully saturated rings. The highest BCUT2D eigenvalue weighted by Crippen LogP contribution is 2.28. The molecule has 1 saturated heterocycles. The maximum absolute atomic E-state index is 13.7. The van der Waals surface area contributed by atoms with Crippen molar-refractivity contribution in [1.82, 2.24) is 9.62 Å². The van der Waals surface area contributed by atoms with E-state index in [1.54, 1.807) is 12.1 Å². The van der Waals surface area contributed by atoms with Gasteiger partial charge in [0.05, 0.1) is 16.1 Å². The molecule has 0 atom stereocenters. The Morgan fingerprint density at radius 1 is 1.19 bits per heavy atom. The van der Waals surface area contributed by atoms with Gasteiger partial charge in [0.15, 0.2) is 0 Å². The van der Waals surface area contributed by atoms with Crippen LogP contribution in [0.25, 0.3) is 0 Å². The fourth-order valence-electron chi connectivity index (χ4n) is 3.56. The van der Waals surface area contributed by atoms with Crippen molar-refractivity contribution in [3.8, 4) is 6.07 Å². The Bertz CT molecular complexity index is 1140. The van der Waals surface area contributed by atoms with Crippen LogP contribution in [0, 0.1) is 17.1 Å². The molecule has 10 heteroatoms. The van der Waals surface area contributed by atoms with Crippen LogP contribution in [-0.4, -0.2) is 58.9 Å². The van der Waals surface area contributed by atoms with Crippen molar-refractivity contribution >= 4 is 27.3 Å². The van der Waals surface area contributed by atoms with Gasteiger partial charge in [0.25, 0.3) is 5.91 Å². The summed E-state index contributed by atoms with van der Waals surface area (Å²) in [4.78, 5) is 15.1. The van der Waals surface area contributed by atoms with Crippen LogP contribution in [0.1, 0.15) is 28.8 Å². The van der Waals surface area contributed by atoms with Crippen LogP contribution in [0.2, 0.25) is 0 Å². The summed E-state index contributed by atoms with van der Waals surface area (Å²) in [6.07, 6.45) is 2.02. The molecule has 2 aromatic rings. The molecule has 1 aliphatic rings. The van der Waals surface area contributed by atoms with E-state index in [-0.39, 0.29) is 23.5 Å².